The molecule has 0 fully saturated rings. The van der Waals surface area contributed by atoms with Gasteiger partial charge in [0.2, 0.25) is 11.8 Å². The van der Waals surface area contributed by atoms with Crippen LogP contribution in [0.25, 0.3) is 0 Å². The predicted molar refractivity (Wildman–Crippen MR) is 74.4 cm³/mol. The van der Waals surface area contributed by atoms with Gasteiger partial charge < -0.3 is 15.0 Å². The third-order valence-corrected chi connectivity index (χ3v) is 2.98. The van der Waals surface area contributed by atoms with E-state index < -0.39 is 0 Å². The summed E-state index contributed by atoms with van der Waals surface area (Å²) in [6.45, 7) is 7.89. The van der Waals surface area contributed by atoms with Crippen LogP contribution >= 0.6 is 0 Å². The number of nitrogens with one attached hydrogen (secondary N) is 1. The lowest BCUT2D eigenvalue weighted by molar-refractivity contribution is -0.130. The van der Waals surface area contributed by atoms with Gasteiger partial charge in [-0.15, -0.1) is 0 Å². The zero-order valence-electron chi connectivity index (χ0n) is 12.1. The highest BCUT2D eigenvalue weighted by Crippen LogP contribution is 2.19. The fourth-order valence-corrected chi connectivity index (χ4v) is 1.84. The third-order valence-electron chi connectivity index (χ3n) is 2.98. The van der Waals surface area contributed by atoms with Crippen molar-refractivity contribution in [3.05, 3.63) is 11.9 Å². The summed E-state index contributed by atoms with van der Waals surface area (Å²) in [6.07, 6.45) is 1.90. The van der Waals surface area contributed by atoms with Crippen LogP contribution in [-0.2, 0) is 4.79 Å². The lowest BCUT2D eigenvalue weighted by atomic mass is 10.3. The summed E-state index contributed by atoms with van der Waals surface area (Å²) in [4.78, 5) is 21.8. The van der Waals surface area contributed by atoms with E-state index in [4.69, 9.17) is 4.74 Å². The minimum Gasteiger partial charge on any atom is -0.481 e. The van der Waals surface area contributed by atoms with Gasteiger partial charge >= 0.3 is 0 Å². The monoisotopic (exact) mass is 266 g/mol. The molecule has 1 heterocycles. The van der Waals surface area contributed by atoms with Crippen molar-refractivity contribution in [1.29, 1.82) is 0 Å². The Morgan fingerprint density at radius 1 is 1.37 bits per heavy atom. The molecule has 0 unspecified atom stereocenters. The largest absolute Gasteiger partial charge is 0.481 e. The second-order valence-corrected chi connectivity index (χ2v) is 4.10. The van der Waals surface area contributed by atoms with Gasteiger partial charge in [0, 0.05) is 26.1 Å². The highest BCUT2D eigenvalue weighted by Gasteiger charge is 2.10. The topological polar surface area (TPSA) is 67.4 Å². The summed E-state index contributed by atoms with van der Waals surface area (Å²) in [5.41, 5.74) is 0.847. The van der Waals surface area contributed by atoms with Crippen LogP contribution in [0.15, 0.2) is 6.33 Å². The summed E-state index contributed by atoms with van der Waals surface area (Å²) < 4.78 is 5.12. The van der Waals surface area contributed by atoms with Crippen LogP contribution in [0.5, 0.6) is 5.88 Å². The van der Waals surface area contributed by atoms with Crippen molar-refractivity contribution in [1.82, 2.24) is 14.9 Å². The maximum Gasteiger partial charge on any atom is 0.224 e. The molecule has 6 heteroatoms. The SMILES string of the molecule is CCN(CC)C(=O)CCNc1ncnc(OC)c1C. The standard InChI is InChI=1S/C13H22N4O2/c1-5-17(6-2)11(18)7-8-14-12-10(3)13(19-4)16-9-15-12/h9H,5-8H2,1-4H3,(H,14,15,16). The highest BCUT2D eigenvalue weighted by molar-refractivity contribution is 5.76. The quantitative estimate of drug-likeness (QED) is 0.809. The van der Waals surface area contributed by atoms with E-state index in [2.05, 4.69) is 15.3 Å². The fraction of sp³-hybridized carbons (Fsp3) is 0.615. The molecule has 0 saturated heterocycles. The van der Waals surface area contributed by atoms with Gasteiger partial charge in [0.15, 0.2) is 0 Å². The molecular weight excluding hydrogens is 244 g/mol. The van der Waals surface area contributed by atoms with E-state index in [9.17, 15) is 4.79 Å². The Hall–Kier alpha value is -1.85. The number of carbonyl (C=O) groups excluding carboxylic acids is 1. The summed E-state index contributed by atoms with van der Waals surface area (Å²) in [6, 6.07) is 0. The molecule has 0 aliphatic carbocycles. The molecule has 0 bridgehead atoms. The summed E-state index contributed by atoms with van der Waals surface area (Å²) in [7, 11) is 1.57. The Bertz CT molecular complexity index is 419. The van der Waals surface area contributed by atoms with Gasteiger partial charge in [0.05, 0.1) is 12.7 Å². The number of carbonyl (C=O) groups is 1. The summed E-state index contributed by atoms with van der Waals surface area (Å²) in [5, 5.41) is 3.14. The minimum atomic E-state index is 0.149. The first-order chi connectivity index (χ1) is 9.13. The molecule has 0 saturated carbocycles. The van der Waals surface area contributed by atoms with Gasteiger partial charge in [0.1, 0.15) is 12.1 Å². The average molecular weight is 266 g/mol. The molecule has 0 aliphatic heterocycles. The van der Waals surface area contributed by atoms with Crippen molar-refractivity contribution in [2.45, 2.75) is 27.2 Å². The first-order valence-corrected chi connectivity index (χ1v) is 6.51. The Kier molecular flexibility index (Phi) is 6.05. The Morgan fingerprint density at radius 3 is 2.63 bits per heavy atom. The molecule has 1 rings (SSSR count). The number of aromatic nitrogens is 2. The lowest BCUT2D eigenvalue weighted by Crippen LogP contribution is -2.31. The van der Waals surface area contributed by atoms with Crippen LogP contribution in [0.3, 0.4) is 0 Å². The van der Waals surface area contributed by atoms with E-state index in [1.54, 1.807) is 7.11 Å². The molecule has 106 valence electrons. The lowest BCUT2D eigenvalue weighted by Gasteiger charge is -2.18. The molecule has 0 spiro atoms. The third kappa shape index (κ3) is 4.08. The van der Waals surface area contributed by atoms with Crippen molar-refractivity contribution in [3.63, 3.8) is 0 Å². The van der Waals surface area contributed by atoms with E-state index in [0.717, 1.165) is 18.7 Å². The maximum absolute atomic E-state index is 11.8. The Labute approximate surface area is 114 Å². The van der Waals surface area contributed by atoms with E-state index in [0.29, 0.717) is 24.7 Å². The number of hydrogen-bond acceptors (Lipinski definition) is 5. The van der Waals surface area contributed by atoms with Gasteiger partial charge in [-0.1, -0.05) is 0 Å². The predicted octanol–water partition coefficient (Wildman–Crippen LogP) is 1.46. The van der Waals surface area contributed by atoms with Crippen molar-refractivity contribution >= 4 is 11.7 Å². The van der Waals surface area contributed by atoms with Crippen molar-refractivity contribution in [3.8, 4) is 5.88 Å². The van der Waals surface area contributed by atoms with E-state index in [1.165, 1.54) is 6.33 Å². The smallest absolute Gasteiger partial charge is 0.224 e. The van der Waals surface area contributed by atoms with Crippen LogP contribution in [0.4, 0.5) is 5.82 Å². The molecule has 0 aliphatic rings. The average Bonchev–Trinajstić information content (AvgIpc) is 2.42. The van der Waals surface area contributed by atoms with Gasteiger partial charge in [-0.05, 0) is 20.8 Å². The molecule has 0 aromatic carbocycles. The second kappa shape index (κ2) is 7.56. The van der Waals surface area contributed by atoms with Gasteiger partial charge in [-0.2, -0.15) is 0 Å². The first kappa shape index (κ1) is 15.2. The van der Waals surface area contributed by atoms with Gasteiger partial charge in [-0.3, -0.25) is 4.79 Å². The van der Waals surface area contributed by atoms with E-state index in [-0.39, 0.29) is 5.91 Å². The van der Waals surface area contributed by atoms with E-state index in [1.807, 2.05) is 25.7 Å². The van der Waals surface area contributed by atoms with Crippen LogP contribution in [0, 0.1) is 6.92 Å². The Balaban J connectivity index is 2.52. The van der Waals surface area contributed by atoms with Crippen LogP contribution < -0.4 is 10.1 Å². The molecule has 1 amide bonds. The maximum atomic E-state index is 11.8. The zero-order chi connectivity index (χ0) is 14.3. The molecule has 1 aromatic rings. The number of amides is 1. The molecular formula is C13H22N4O2. The number of anilines is 1. The number of methoxy groups -OCH3 is 1. The summed E-state index contributed by atoms with van der Waals surface area (Å²) in [5.74, 6) is 1.41. The number of hydrogen-bond donors (Lipinski definition) is 1. The highest BCUT2D eigenvalue weighted by atomic mass is 16.5. The number of nitrogens with zero attached hydrogens (tertiary/aromatic N) is 3. The van der Waals surface area contributed by atoms with Crippen LogP contribution in [0.1, 0.15) is 25.8 Å². The molecule has 0 radical (unpaired) electrons. The zero-order valence-corrected chi connectivity index (χ0v) is 12.1. The Morgan fingerprint density at radius 2 is 2.05 bits per heavy atom. The molecule has 6 nitrogen and oxygen atoms in total. The van der Waals surface area contributed by atoms with Crippen molar-refractivity contribution in [2.75, 3.05) is 32.1 Å². The first-order valence-electron chi connectivity index (χ1n) is 6.51. The molecule has 19 heavy (non-hydrogen) atoms. The normalized spacial score (nSPS) is 10.1. The second-order valence-electron chi connectivity index (χ2n) is 4.10. The molecule has 1 N–H and O–H groups in total. The number of rotatable bonds is 7. The fourth-order valence-electron chi connectivity index (χ4n) is 1.84. The van der Waals surface area contributed by atoms with Crippen molar-refractivity contribution < 1.29 is 9.53 Å². The minimum absolute atomic E-state index is 0.149. The van der Waals surface area contributed by atoms with Crippen LogP contribution in [-0.4, -0.2) is 47.5 Å². The van der Waals surface area contributed by atoms with E-state index >= 15 is 0 Å². The van der Waals surface area contributed by atoms with Crippen molar-refractivity contribution in [2.24, 2.45) is 0 Å². The number of ether oxygens (including phenoxy) is 1. The molecule has 0 atom stereocenters. The van der Waals surface area contributed by atoms with Crippen LogP contribution in [0.2, 0.25) is 0 Å². The molecule has 1 aromatic heterocycles. The van der Waals surface area contributed by atoms with Gasteiger partial charge in [-0.25, -0.2) is 9.97 Å². The summed E-state index contributed by atoms with van der Waals surface area (Å²) >= 11 is 0. The van der Waals surface area contributed by atoms with Gasteiger partial charge in [0.25, 0.3) is 0 Å².